The van der Waals surface area contributed by atoms with Crippen LogP contribution in [-0.4, -0.2) is 55.1 Å². The van der Waals surface area contributed by atoms with Crippen molar-refractivity contribution in [3.05, 3.63) is 36.4 Å². The van der Waals surface area contributed by atoms with Crippen molar-refractivity contribution in [2.75, 3.05) is 13.1 Å². The predicted octanol–water partition coefficient (Wildman–Crippen LogP) is 1.29. The molecule has 0 aliphatic rings. The molecule has 0 aliphatic carbocycles. The number of aromatic nitrogens is 4. The first-order valence-electron chi connectivity index (χ1n) is 7.18. The highest BCUT2D eigenvalue weighted by molar-refractivity contribution is 5.82. The average Bonchev–Trinajstić information content (AvgIpc) is 3.10. The van der Waals surface area contributed by atoms with Gasteiger partial charge in [-0.3, -0.25) is 19.1 Å². The molecule has 0 aliphatic heterocycles. The Morgan fingerprint density at radius 2 is 1.41 bits per heavy atom. The molecule has 0 saturated carbocycles. The smallest absolute Gasteiger partial charge is 0.105 e. The van der Waals surface area contributed by atoms with Crippen molar-refractivity contribution >= 4 is 11.7 Å². The maximum Gasteiger partial charge on any atom is 0.105 e. The maximum absolute atomic E-state index is 9.99. The minimum absolute atomic E-state index is 0.308. The van der Waals surface area contributed by atoms with E-state index in [1.54, 1.807) is 12.7 Å². The number of aliphatic imine (C=N–C) groups is 2. The van der Waals surface area contributed by atoms with E-state index in [-0.39, 0.29) is 0 Å². The molecule has 2 aromatic rings. The third-order valence-electron chi connectivity index (χ3n) is 3.23. The predicted molar refractivity (Wildman–Crippen MR) is 86.7 cm³/mol. The highest BCUT2D eigenvalue weighted by Crippen LogP contribution is 1.97. The van der Waals surface area contributed by atoms with Gasteiger partial charge in [0.15, 0.2) is 0 Å². The minimum Gasteiger partial charge on any atom is -0.389 e. The highest BCUT2D eigenvalue weighted by Gasteiger charge is 2.04. The van der Waals surface area contributed by atoms with Gasteiger partial charge in [-0.2, -0.15) is 0 Å². The summed E-state index contributed by atoms with van der Waals surface area (Å²) in [5.41, 5.74) is 1.87. The molecule has 7 nitrogen and oxygen atoms in total. The van der Waals surface area contributed by atoms with Crippen LogP contribution in [-0.2, 0) is 0 Å². The fraction of sp³-hybridized carbons (Fsp3) is 0.467. The lowest BCUT2D eigenvalue weighted by Crippen LogP contribution is -2.19. The Balaban J connectivity index is 1.89. The second kappa shape index (κ2) is 7.13. The second-order valence-electron chi connectivity index (χ2n) is 5.27. The summed E-state index contributed by atoms with van der Waals surface area (Å²) in [5.74, 6) is 1.59. The molecule has 22 heavy (non-hydrogen) atoms. The summed E-state index contributed by atoms with van der Waals surface area (Å²) in [5, 5.41) is 9.99. The van der Waals surface area contributed by atoms with Gasteiger partial charge in [0.1, 0.15) is 24.3 Å². The average molecular weight is 302 g/mol. The number of aliphatic hydroxyl groups excluding tert-OH is 1. The standard InChI is InChI=1S/C15H22N6O/c1-11-7-20(9-18-11)13(3)16-5-15(22)6-17-14(4)21-8-12(2)19-10-21/h7-10,15,22H,5-6H2,1-4H3. The molecule has 2 aromatic heterocycles. The van der Waals surface area contributed by atoms with Gasteiger partial charge in [-0.05, 0) is 27.7 Å². The van der Waals surface area contributed by atoms with Crippen molar-refractivity contribution in [1.29, 1.82) is 0 Å². The number of imidazole rings is 2. The molecule has 0 atom stereocenters. The molecule has 2 rings (SSSR count). The minimum atomic E-state index is -0.612. The van der Waals surface area contributed by atoms with Gasteiger partial charge in [0.05, 0.1) is 30.6 Å². The molecule has 0 unspecified atom stereocenters. The van der Waals surface area contributed by atoms with Crippen LogP contribution in [0.2, 0.25) is 0 Å². The monoisotopic (exact) mass is 302 g/mol. The maximum atomic E-state index is 9.99. The van der Waals surface area contributed by atoms with Gasteiger partial charge in [-0.1, -0.05) is 0 Å². The van der Waals surface area contributed by atoms with Crippen LogP contribution in [0.4, 0.5) is 0 Å². The third kappa shape index (κ3) is 4.36. The van der Waals surface area contributed by atoms with Gasteiger partial charge < -0.3 is 5.11 Å². The summed E-state index contributed by atoms with van der Waals surface area (Å²) in [7, 11) is 0. The van der Waals surface area contributed by atoms with Crippen molar-refractivity contribution in [3.8, 4) is 0 Å². The first-order valence-corrected chi connectivity index (χ1v) is 7.18. The fourth-order valence-corrected chi connectivity index (χ4v) is 1.89. The van der Waals surface area contributed by atoms with Gasteiger partial charge in [0.2, 0.25) is 0 Å². The number of aryl methyl sites for hydroxylation is 2. The molecule has 118 valence electrons. The van der Waals surface area contributed by atoms with E-state index in [1.807, 2.05) is 49.2 Å². The van der Waals surface area contributed by atoms with E-state index in [4.69, 9.17) is 0 Å². The Morgan fingerprint density at radius 1 is 1.00 bits per heavy atom. The van der Waals surface area contributed by atoms with Crippen LogP contribution in [0.25, 0.3) is 0 Å². The molecule has 0 amide bonds. The van der Waals surface area contributed by atoms with Crippen molar-refractivity contribution in [2.24, 2.45) is 9.98 Å². The van der Waals surface area contributed by atoms with Crippen LogP contribution in [0.15, 0.2) is 35.0 Å². The lowest BCUT2D eigenvalue weighted by Gasteiger charge is -2.07. The largest absolute Gasteiger partial charge is 0.389 e. The van der Waals surface area contributed by atoms with Gasteiger partial charge in [0.25, 0.3) is 0 Å². The van der Waals surface area contributed by atoms with E-state index in [0.717, 1.165) is 23.1 Å². The fourth-order valence-electron chi connectivity index (χ4n) is 1.89. The Morgan fingerprint density at radius 3 is 1.73 bits per heavy atom. The molecule has 2 heterocycles. The van der Waals surface area contributed by atoms with E-state index in [0.29, 0.717) is 13.1 Å². The molecular formula is C15H22N6O. The molecule has 0 aromatic carbocycles. The summed E-state index contributed by atoms with van der Waals surface area (Å²) in [6, 6.07) is 0. The molecule has 7 heteroatoms. The molecule has 0 radical (unpaired) electrons. The first kappa shape index (κ1) is 16.1. The Bertz CT molecular complexity index is 624. The summed E-state index contributed by atoms with van der Waals surface area (Å²) in [4.78, 5) is 17.0. The van der Waals surface area contributed by atoms with Crippen molar-refractivity contribution in [2.45, 2.75) is 33.8 Å². The Hall–Kier alpha value is -2.28. The van der Waals surface area contributed by atoms with Gasteiger partial charge in [-0.15, -0.1) is 0 Å². The summed E-state index contributed by atoms with van der Waals surface area (Å²) < 4.78 is 3.68. The van der Waals surface area contributed by atoms with Crippen LogP contribution in [0, 0.1) is 13.8 Å². The lowest BCUT2D eigenvalue weighted by atomic mass is 10.3. The zero-order valence-electron chi connectivity index (χ0n) is 13.4. The summed E-state index contributed by atoms with van der Waals surface area (Å²) in [6.45, 7) is 8.24. The quantitative estimate of drug-likeness (QED) is 0.682. The summed E-state index contributed by atoms with van der Waals surface area (Å²) >= 11 is 0. The number of aliphatic hydroxyl groups is 1. The number of nitrogens with zero attached hydrogens (tertiary/aromatic N) is 6. The number of hydrogen-bond acceptors (Lipinski definition) is 5. The summed E-state index contributed by atoms with van der Waals surface area (Å²) in [6.07, 6.45) is 6.61. The van der Waals surface area contributed by atoms with E-state index in [9.17, 15) is 5.11 Å². The van der Waals surface area contributed by atoms with Gasteiger partial charge in [-0.25, -0.2) is 9.97 Å². The van der Waals surface area contributed by atoms with Crippen LogP contribution >= 0.6 is 0 Å². The van der Waals surface area contributed by atoms with Crippen LogP contribution in [0.1, 0.15) is 25.2 Å². The normalized spacial score (nSPS) is 14.4. The lowest BCUT2D eigenvalue weighted by molar-refractivity contribution is 0.192. The Labute approximate surface area is 130 Å². The van der Waals surface area contributed by atoms with Gasteiger partial charge >= 0.3 is 0 Å². The van der Waals surface area contributed by atoms with Crippen LogP contribution < -0.4 is 0 Å². The molecular weight excluding hydrogens is 280 g/mol. The molecule has 0 saturated heterocycles. The molecule has 0 spiro atoms. The van der Waals surface area contributed by atoms with Crippen molar-refractivity contribution in [3.63, 3.8) is 0 Å². The molecule has 0 bridgehead atoms. The van der Waals surface area contributed by atoms with E-state index < -0.39 is 6.10 Å². The topological polar surface area (TPSA) is 80.6 Å². The van der Waals surface area contributed by atoms with Crippen molar-refractivity contribution < 1.29 is 5.11 Å². The number of hydrogen-bond donors (Lipinski definition) is 1. The number of rotatable bonds is 4. The SMILES string of the molecule is CC(=NCC(O)CN=C(C)n1cnc(C)c1)n1cnc(C)c1. The molecule has 1 N–H and O–H groups in total. The van der Waals surface area contributed by atoms with Gasteiger partial charge in [0, 0.05) is 12.4 Å². The van der Waals surface area contributed by atoms with Crippen molar-refractivity contribution in [1.82, 2.24) is 19.1 Å². The zero-order chi connectivity index (χ0) is 16.1. The van der Waals surface area contributed by atoms with Crippen LogP contribution in [0.5, 0.6) is 0 Å². The Kier molecular flexibility index (Phi) is 5.21. The van der Waals surface area contributed by atoms with Crippen LogP contribution in [0.3, 0.4) is 0 Å². The van der Waals surface area contributed by atoms with E-state index in [2.05, 4.69) is 20.0 Å². The third-order valence-corrected chi connectivity index (χ3v) is 3.23. The second-order valence-corrected chi connectivity index (χ2v) is 5.27. The van der Waals surface area contributed by atoms with E-state index in [1.165, 1.54) is 0 Å². The zero-order valence-corrected chi connectivity index (χ0v) is 13.4. The first-order chi connectivity index (χ1) is 10.5. The molecule has 0 fully saturated rings. The van der Waals surface area contributed by atoms with E-state index >= 15 is 0 Å². The highest BCUT2D eigenvalue weighted by atomic mass is 16.3.